The highest BCUT2D eigenvalue weighted by molar-refractivity contribution is 5.89. The van der Waals surface area contributed by atoms with Crippen LogP contribution in [-0.2, 0) is 11.3 Å². The molecule has 2 unspecified atom stereocenters. The van der Waals surface area contributed by atoms with E-state index in [1.165, 1.54) is 19.3 Å². The number of ether oxygens (including phenoxy) is 1. The lowest BCUT2D eigenvalue weighted by Crippen LogP contribution is -2.17. The molecule has 0 aliphatic carbocycles. The molecule has 0 radical (unpaired) electrons. The van der Waals surface area contributed by atoms with E-state index in [4.69, 9.17) is 4.74 Å². The molecule has 0 bridgehead atoms. The molecule has 0 saturated carbocycles. The summed E-state index contributed by atoms with van der Waals surface area (Å²) in [5.74, 6) is 5.62. The van der Waals surface area contributed by atoms with Crippen molar-refractivity contribution in [1.29, 1.82) is 0 Å². The van der Waals surface area contributed by atoms with Crippen LogP contribution >= 0.6 is 0 Å². The van der Waals surface area contributed by atoms with E-state index >= 15 is 0 Å². The molecule has 0 amide bonds. The number of unbranched alkanes of at least 4 members (excludes halogenated alkanes) is 4. The molecule has 2 aromatic carbocycles. The first-order valence-corrected chi connectivity index (χ1v) is 11.7. The number of carbonyl (C=O) groups is 1. The summed E-state index contributed by atoms with van der Waals surface area (Å²) in [6.45, 7) is 4.98. The summed E-state index contributed by atoms with van der Waals surface area (Å²) >= 11 is 0. The van der Waals surface area contributed by atoms with Crippen molar-refractivity contribution in [1.82, 2.24) is 4.57 Å². The number of benzene rings is 2. The van der Waals surface area contributed by atoms with Crippen LogP contribution in [0.15, 0.2) is 60.7 Å². The molecule has 4 nitrogen and oxygen atoms in total. The molecule has 0 aliphatic heterocycles. The summed E-state index contributed by atoms with van der Waals surface area (Å²) in [4.78, 5) is 12.6. The van der Waals surface area contributed by atoms with E-state index in [0.29, 0.717) is 12.0 Å². The predicted octanol–water partition coefficient (Wildman–Crippen LogP) is 6.28. The monoisotopic (exact) mass is 431 g/mol. The van der Waals surface area contributed by atoms with Gasteiger partial charge in [-0.2, -0.15) is 0 Å². The zero-order valence-corrected chi connectivity index (χ0v) is 19.1. The average Bonchev–Trinajstić information content (AvgIpc) is 3.21. The van der Waals surface area contributed by atoms with Gasteiger partial charge in [0.25, 0.3) is 0 Å². The molecular weight excluding hydrogens is 398 g/mol. The molecule has 1 aromatic heterocycles. The SMILES string of the molecule is CCCCCCCC(C#CC(O)c1cc2ccccc2n1CC)OC(=O)c1ccccc1. The van der Waals surface area contributed by atoms with Crippen LogP contribution in [0.4, 0.5) is 0 Å². The third kappa shape index (κ3) is 6.24. The summed E-state index contributed by atoms with van der Waals surface area (Å²) in [6, 6.07) is 19.0. The second-order valence-corrected chi connectivity index (χ2v) is 8.03. The molecular formula is C28H33NO3. The molecule has 1 N–H and O–H groups in total. The summed E-state index contributed by atoms with van der Waals surface area (Å²) < 4.78 is 7.79. The van der Waals surface area contributed by atoms with Gasteiger partial charge in [0.15, 0.2) is 12.2 Å². The number of carbonyl (C=O) groups excluding carboxylic acids is 1. The number of aliphatic hydroxyl groups is 1. The van der Waals surface area contributed by atoms with Gasteiger partial charge in [0.1, 0.15) is 0 Å². The smallest absolute Gasteiger partial charge is 0.339 e. The molecule has 0 spiro atoms. The lowest BCUT2D eigenvalue weighted by atomic mass is 10.1. The number of hydrogen-bond donors (Lipinski definition) is 1. The van der Waals surface area contributed by atoms with E-state index in [9.17, 15) is 9.90 Å². The van der Waals surface area contributed by atoms with Crippen molar-refractivity contribution in [3.8, 4) is 11.8 Å². The Hall–Kier alpha value is -3.03. The Morgan fingerprint density at radius 1 is 0.969 bits per heavy atom. The van der Waals surface area contributed by atoms with Gasteiger partial charge in [-0.05, 0) is 49.4 Å². The van der Waals surface area contributed by atoms with Crippen molar-refractivity contribution < 1.29 is 14.6 Å². The number of fused-ring (bicyclic) bond motifs is 1. The summed E-state index contributed by atoms with van der Waals surface area (Å²) in [7, 11) is 0. The number of hydrogen-bond acceptors (Lipinski definition) is 3. The fraction of sp³-hybridized carbons (Fsp3) is 0.393. The van der Waals surface area contributed by atoms with Crippen LogP contribution in [0.3, 0.4) is 0 Å². The molecule has 168 valence electrons. The molecule has 0 fully saturated rings. The number of aliphatic hydroxyl groups excluding tert-OH is 1. The van der Waals surface area contributed by atoms with Crippen molar-refractivity contribution in [2.24, 2.45) is 0 Å². The molecule has 2 atom stereocenters. The highest BCUT2D eigenvalue weighted by Gasteiger charge is 2.16. The first kappa shape index (κ1) is 23.6. The van der Waals surface area contributed by atoms with Crippen LogP contribution in [0.2, 0.25) is 0 Å². The fourth-order valence-electron chi connectivity index (χ4n) is 3.92. The normalized spacial score (nSPS) is 12.7. The number of para-hydroxylation sites is 1. The fourth-order valence-corrected chi connectivity index (χ4v) is 3.92. The van der Waals surface area contributed by atoms with E-state index in [0.717, 1.165) is 36.0 Å². The van der Waals surface area contributed by atoms with Crippen LogP contribution in [0.5, 0.6) is 0 Å². The first-order valence-electron chi connectivity index (χ1n) is 11.7. The third-order valence-electron chi connectivity index (χ3n) is 5.65. The van der Waals surface area contributed by atoms with E-state index in [1.54, 1.807) is 12.1 Å². The Morgan fingerprint density at radius 3 is 2.44 bits per heavy atom. The minimum absolute atomic E-state index is 0.379. The topological polar surface area (TPSA) is 51.5 Å². The summed E-state index contributed by atoms with van der Waals surface area (Å²) in [5, 5.41) is 11.9. The van der Waals surface area contributed by atoms with Crippen molar-refractivity contribution in [3.05, 3.63) is 71.9 Å². The molecule has 1 heterocycles. The Balaban J connectivity index is 1.75. The van der Waals surface area contributed by atoms with E-state index in [2.05, 4.69) is 30.3 Å². The predicted molar refractivity (Wildman–Crippen MR) is 129 cm³/mol. The standard InChI is InChI=1S/C28H33NO3/c1-3-5-6-7-11-17-24(32-28(31)22-14-9-8-10-15-22)19-20-27(30)26-21-23-16-12-13-18-25(23)29(26)4-2/h8-10,12-16,18,21,24,27,30H,3-7,11,17H2,1-2H3. The second kappa shape index (κ2) is 12.1. The van der Waals surface area contributed by atoms with Gasteiger partial charge >= 0.3 is 5.97 Å². The number of esters is 1. The highest BCUT2D eigenvalue weighted by Crippen LogP contribution is 2.24. The largest absolute Gasteiger partial charge is 0.446 e. The number of aromatic nitrogens is 1. The van der Waals surface area contributed by atoms with Gasteiger partial charge in [0, 0.05) is 12.1 Å². The molecule has 3 aromatic rings. The maximum atomic E-state index is 12.6. The average molecular weight is 432 g/mol. The minimum atomic E-state index is -0.944. The van der Waals surface area contributed by atoms with Crippen molar-refractivity contribution >= 4 is 16.9 Å². The first-order chi connectivity index (χ1) is 15.6. The van der Waals surface area contributed by atoms with Gasteiger partial charge in [-0.25, -0.2) is 4.79 Å². The Labute approximate surface area is 191 Å². The minimum Gasteiger partial charge on any atom is -0.446 e. The molecule has 3 rings (SSSR count). The number of aryl methyl sites for hydroxylation is 1. The zero-order chi connectivity index (χ0) is 22.8. The van der Waals surface area contributed by atoms with Gasteiger partial charge in [-0.1, -0.05) is 80.8 Å². The van der Waals surface area contributed by atoms with Crippen molar-refractivity contribution in [3.63, 3.8) is 0 Å². The Bertz CT molecular complexity index is 1060. The van der Waals surface area contributed by atoms with Crippen LogP contribution < -0.4 is 0 Å². The third-order valence-corrected chi connectivity index (χ3v) is 5.65. The number of nitrogens with zero attached hydrogens (tertiary/aromatic N) is 1. The van der Waals surface area contributed by atoms with Gasteiger partial charge in [0.2, 0.25) is 0 Å². The quantitative estimate of drug-likeness (QED) is 0.233. The van der Waals surface area contributed by atoms with E-state index in [-0.39, 0.29) is 5.97 Å². The van der Waals surface area contributed by atoms with E-state index < -0.39 is 12.2 Å². The summed E-state index contributed by atoms with van der Waals surface area (Å²) in [6.07, 6.45) is 4.76. The van der Waals surface area contributed by atoms with Gasteiger partial charge in [-0.15, -0.1) is 0 Å². The van der Waals surface area contributed by atoms with Gasteiger partial charge in [-0.3, -0.25) is 0 Å². The summed E-state index contributed by atoms with van der Waals surface area (Å²) in [5.41, 5.74) is 2.35. The molecule has 0 saturated heterocycles. The van der Waals surface area contributed by atoms with E-state index in [1.807, 2.05) is 48.5 Å². The van der Waals surface area contributed by atoms with Crippen LogP contribution in [0, 0.1) is 11.8 Å². The van der Waals surface area contributed by atoms with Crippen LogP contribution in [0.1, 0.15) is 74.5 Å². The lowest BCUT2D eigenvalue weighted by molar-refractivity contribution is 0.0392. The lowest BCUT2D eigenvalue weighted by Gasteiger charge is -2.14. The highest BCUT2D eigenvalue weighted by atomic mass is 16.5. The molecule has 32 heavy (non-hydrogen) atoms. The molecule has 4 heteroatoms. The Kier molecular flexibility index (Phi) is 8.95. The van der Waals surface area contributed by atoms with Crippen molar-refractivity contribution in [2.75, 3.05) is 0 Å². The second-order valence-electron chi connectivity index (χ2n) is 8.03. The van der Waals surface area contributed by atoms with Crippen LogP contribution in [-0.4, -0.2) is 21.7 Å². The number of rotatable bonds is 10. The maximum absolute atomic E-state index is 12.6. The van der Waals surface area contributed by atoms with Crippen molar-refractivity contribution in [2.45, 2.75) is 71.1 Å². The Morgan fingerprint density at radius 2 is 1.69 bits per heavy atom. The molecule has 0 aliphatic rings. The maximum Gasteiger partial charge on any atom is 0.339 e. The van der Waals surface area contributed by atoms with Gasteiger partial charge in [0.05, 0.1) is 11.3 Å². The zero-order valence-electron chi connectivity index (χ0n) is 19.1. The van der Waals surface area contributed by atoms with Crippen LogP contribution in [0.25, 0.3) is 10.9 Å². The van der Waals surface area contributed by atoms with Gasteiger partial charge < -0.3 is 14.4 Å².